The van der Waals surface area contributed by atoms with Crippen molar-refractivity contribution in [2.75, 3.05) is 13.2 Å². The first-order valence-electron chi connectivity index (χ1n) is 35.9. The van der Waals surface area contributed by atoms with Crippen molar-refractivity contribution in [1.29, 1.82) is 0 Å². The van der Waals surface area contributed by atoms with Crippen molar-refractivity contribution in [2.45, 2.75) is 380 Å². The Kier molecular flexibility index (Phi) is 67.6. The lowest BCUT2D eigenvalue weighted by Gasteiger charge is -2.18. The standard InChI is InChI=1S/C76H136O6/c1-4-7-10-13-16-19-22-25-28-30-32-34-36-37-38-39-41-42-44-46-48-51-54-57-60-63-66-69-75(78)81-72-73(71-80-74(77)68-65-62-59-56-53-50-27-24-21-18-15-12-9-6-3)82-76(79)70-67-64-61-58-55-52-49-47-45-43-40-35-33-31-29-26-23-20-17-14-11-8-5-2/h15,18,22-27,30-33,73H,4-14,16-17,19-21,28-29,34-72H2,1-3H3/b18-15-,25-22-,26-23-,27-24-,32-30-,33-31-. The molecule has 1 unspecified atom stereocenters. The monoisotopic (exact) mass is 1150 g/mol. The van der Waals surface area contributed by atoms with Crippen LogP contribution in [-0.2, 0) is 28.6 Å². The molecule has 0 fully saturated rings. The molecule has 0 aromatic heterocycles. The highest BCUT2D eigenvalue weighted by Gasteiger charge is 2.19. The van der Waals surface area contributed by atoms with Crippen LogP contribution in [0.1, 0.15) is 374 Å². The van der Waals surface area contributed by atoms with Crippen molar-refractivity contribution >= 4 is 17.9 Å². The molecule has 0 radical (unpaired) electrons. The summed E-state index contributed by atoms with van der Waals surface area (Å²) >= 11 is 0. The highest BCUT2D eigenvalue weighted by atomic mass is 16.6. The Labute approximate surface area is 510 Å². The molecule has 0 saturated carbocycles. The van der Waals surface area contributed by atoms with E-state index in [-0.39, 0.29) is 31.1 Å². The lowest BCUT2D eigenvalue weighted by Crippen LogP contribution is -2.30. The second kappa shape index (κ2) is 70.3. The van der Waals surface area contributed by atoms with Gasteiger partial charge in [0.1, 0.15) is 13.2 Å². The van der Waals surface area contributed by atoms with Crippen LogP contribution < -0.4 is 0 Å². The largest absolute Gasteiger partial charge is 0.462 e. The molecule has 6 heteroatoms. The van der Waals surface area contributed by atoms with E-state index in [0.29, 0.717) is 19.3 Å². The second-order valence-electron chi connectivity index (χ2n) is 24.1. The minimum absolute atomic E-state index is 0.0780. The van der Waals surface area contributed by atoms with Crippen molar-refractivity contribution in [3.05, 3.63) is 72.9 Å². The third kappa shape index (κ3) is 67.6. The number of rotatable bonds is 66. The predicted octanol–water partition coefficient (Wildman–Crippen LogP) is 24.8. The van der Waals surface area contributed by atoms with Crippen LogP contribution in [0.2, 0.25) is 0 Å². The number of hydrogen-bond acceptors (Lipinski definition) is 6. The summed E-state index contributed by atoms with van der Waals surface area (Å²) in [5.41, 5.74) is 0. The maximum absolute atomic E-state index is 13.0. The molecule has 0 saturated heterocycles. The highest BCUT2D eigenvalue weighted by Crippen LogP contribution is 2.18. The van der Waals surface area contributed by atoms with E-state index in [1.54, 1.807) is 0 Å². The van der Waals surface area contributed by atoms with E-state index in [1.165, 1.54) is 244 Å². The smallest absolute Gasteiger partial charge is 0.306 e. The fourth-order valence-corrected chi connectivity index (χ4v) is 10.5. The molecule has 0 heterocycles. The Morgan fingerprint density at radius 1 is 0.244 bits per heavy atom. The van der Waals surface area contributed by atoms with Crippen LogP contribution in [0.25, 0.3) is 0 Å². The first kappa shape index (κ1) is 78.8. The first-order chi connectivity index (χ1) is 40.5. The molecule has 476 valence electrons. The molecule has 0 rings (SSSR count). The van der Waals surface area contributed by atoms with Crippen LogP contribution >= 0.6 is 0 Å². The third-order valence-corrected chi connectivity index (χ3v) is 15.9. The summed E-state index contributed by atoms with van der Waals surface area (Å²) in [5, 5.41) is 0. The van der Waals surface area contributed by atoms with Crippen LogP contribution in [0.15, 0.2) is 72.9 Å². The molecule has 0 aliphatic carbocycles. The predicted molar refractivity (Wildman–Crippen MR) is 358 cm³/mol. The zero-order valence-electron chi connectivity index (χ0n) is 54.8. The SMILES string of the molecule is CCCC/C=C\C/C=C\CCCCCCCC(=O)OCC(COC(=O)CCCCCCCCCCCCCCCCC/C=C\C/C=C\CCCCCCC)OC(=O)CCCCCCCCCCCCC/C=C\C/C=C\CCCCCCC. The van der Waals surface area contributed by atoms with Gasteiger partial charge in [0.05, 0.1) is 0 Å². The van der Waals surface area contributed by atoms with Gasteiger partial charge >= 0.3 is 17.9 Å². The Morgan fingerprint density at radius 3 is 0.707 bits per heavy atom. The van der Waals surface area contributed by atoms with Gasteiger partial charge in [-0.2, -0.15) is 0 Å². The van der Waals surface area contributed by atoms with Gasteiger partial charge in [0.25, 0.3) is 0 Å². The van der Waals surface area contributed by atoms with Gasteiger partial charge in [-0.3, -0.25) is 14.4 Å². The lowest BCUT2D eigenvalue weighted by molar-refractivity contribution is -0.167. The summed E-state index contributed by atoms with van der Waals surface area (Å²) < 4.78 is 17.0. The third-order valence-electron chi connectivity index (χ3n) is 15.9. The summed E-state index contributed by atoms with van der Waals surface area (Å²) in [4.78, 5) is 38.5. The van der Waals surface area contributed by atoms with Gasteiger partial charge in [-0.25, -0.2) is 0 Å². The fraction of sp³-hybridized carbons (Fsp3) is 0.803. The van der Waals surface area contributed by atoms with E-state index in [2.05, 4.69) is 93.7 Å². The number of allylic oxidation sites excluding steroid dienone is 12. The quantitative estimate of drug-likeness (QED) is 0.0261. The molecule has 0 N–H and O–H groups in total. The number of unbranched alkanes of at least 4 members (excludes halogenated alkanes) is 43. The van der Waals surface area contributed by atoms with Crippen LogP contribution in [-0.4, -0.2) is 37.2 Å². The maximum Gasteiger partial charge on any atom is 0.306 e. The minimum atomic E-state index is -0.784. The Hall–Kier alpha value is -3.15. The number of esters is 3. The average Bonchev–Trinajstić information content (AvgIpc) is 3.47. The summed E-state index contributed by atoms with van der Waals surface area (Å²) in [7, 11) is 0. The van der Waals surface area contributed by atoms with Crippen LogP contribution in [0.5, 0.6) is 0 Å². The van der Waals surface area contributed by atoms with Gasteiger partial charge < -0.3 is 14.2 Å². The van der Waals surface area contributed by atoms with E-state index in [9.17, 15) is 14.4 Å². The summed E-state index contributed by atoms with van der Waals surface area (Å²) in [6.45, 7) is 6.62. The maximum atomic E-state index is 13.0. The van der Waals surface area contributed by atoms with Gasteiger partial charge in [-0.1, -0.05) is 318 Å². The van der Waals surface area contributed by atoms with Crippen molar-refractivity contribution in [3.8, 4) is 0 Å². The summed E-state index contributed by atoms with van der Waals surface area (Å²) in [5.74, 6) is -0.874. The van der Waals surface area contributed by atoms with E-state index in [0.717, 1.165) is 89.9 Å². The van der Waals surface area contributed by atoms with Gasteiger partial charge in [-0.15, -0.1) is 0 Å². The molecule has 0 spiro atoms. The van der Waals surface area contributed by atoms with Crippen molar-refractivity contribution in [1.82, 2.24) is 0 Å². The molecule has 0 aliphatic heterocycles. The fourth-order valence-electron chi connectivity index (χ4n) is 10.5. The van der Waals surface area contributed by atoms with Crippen LogP contribution in [0, 0.1) is 0 Å². The van der Waals surface area contributed by atoms with Crippen molar-refractivity contribution < 1.29 is 28.6 Å². The van der Waals surface area contributed by atoms with E-state index in [1.807, 2.05) is 0 Å². The Morgan fingerprint density at radius 2 is 0.451 bits per heavy atom. The molecule has 0 aliphatic rings. The normalized spacial score (nSPS) is 12.5. The van der Waals surface area contributed by atoms with Gasteiger partial charge in [0.2, 0.25) is 0 Å². The summed E-state index contributed by atoms with van der Waals surface area (Å²) in [6, 6.07) is 0. The number of hydrogen-bond donors (Lipinski definition) is 0. The van der Waals surface area contributed by atoms with Gasteiger partial charge in [0, 0.05) is 19.3 Å². The highest BCUT2D eigenvalue weighted by molar-refractivity contribution is 5.71. The molecule has 0 amide bonds. The number of carbonyl (C=O) groups is 3. The lowest BCUT2D eigenvalue weighted by atomic mass is 10.0. The minimum Gasteiger partial charge on any atom is -0.462 e. The van der Waals surface area contributed by atoms with Gasteiger partial charge in [-0.05, 0) is 109 Å². The second-order valence-corrected chi connectivity index (χ2v) is 24.1. The van der Waals surface area contributed by atoms with E-state index in [4.69, 9.17) is 14.2 Å². The van der Waals surface area contributed by atoms with Crippen LogP contribution in [0.3, 0.4) is 0 Å². The number of ether oxygens (including phenoxy) is 3. The molecule has 1 atom stereocenters. The van der Waals surface area contributed by atoms with Crippen LogP contribution in [0.4, 0.5) is 0 Å². The van der Waals surface area contributed by atoms with E-state index < -0.39 is 6.10 Å². The van der Waals surface area contributed by atoms with Crippen molar-refractivity contribution in [2.24, 2.45) is 0 Å². The molecular weight excluding hydrogens is 1010 g/mol. The van der Waals surface area contributed by atoms with E-state index >= 15 is 0 Å². The molecular formula is C76H136O6. The van der Waals surface area contributed by atoms with Crippen molar-refractivity contribution in [3.63, 3.8) is 0 Å². The Bertz CT molecular complexity index is 1500. The average molecular weight is 1150 g/mol. The summed E-state index contributed by atoms with van der Waals surface area (Å²) in [6.07, 6.45) is 92.1. The molecule has 0 bridgehead atoms. The number of carbonyl (C=O) groups excluding carboxylic acids is 3. The molecule has 6 nitrogen and oxygen atoms in total. The zero-order chi connectivity index (χ0) is 59.2. The molecule has 0 aromatic rings. The molecule has 0 aromatic carbocycles. The Balaban J connectivity index is 4.27. The first-order valence-corrected chi connectivity index (χ1v) is 35.9. The van der Waals surface area contributed by atoms with Gasteiger partial charge in [0.15, 0.2) is 6.10 Å². The zero-order valence-corrected chi connectivity index (χ0v) is 54.8. The topological polar surface area (TPSA) is 78.9 Å². The molecule has 82 heavy (non-hydrogen) atoms.